The number of rotatable bonds is 5. The summed E-state index contributed by atoms with van der Waals surface area (Å²) in [5, 5.41) is 8.46. The molecule has 3 aromatic rings. The Morgan fingerprint density at radius 1 is 1.17 bits per heavy atom. The molecular formula is C21H22F3N5O. The van der Waals surface area contributed by atoms with Gasteiger partial charge in [0.05, 0.1) is 12.7 Å². The Bertz CT molecular complexity index is 1060. The Labute approximate surface area is 171 Å². The van der Waals surface area contributed by atoms with E-state index in [-0.39, 0.29) is 31.7 Å². The molecule has 30 heavy (non-hydrogen) atoms. The first-order chi connectivity index (χ1) is 14.3. The Morgan fingerprint density at radius 2 is 1.93 bits per heavy atom. The predicted molar refractivity (Wildman–Crippen MR) is 108 cm³/mol. The molecule has 0 spiro atoms. The van der Waals surface area contributed by atoms with E-state index in [4.69, 9.17) is 0 Å². The second-order valence-electron chi connectivity index (χ2n) is 7.65. The van der Waals surface area contributed by atoms with E-state index in [1.807, 2.05) is 31.4 Å². The second-order valence-corrected chi connectivity index (χ2v) is 7.65. The minimum atomic E-state index is -2.47. The van der Waals surface area contributed by atoms with Gasteiger partial charge in [0, 0.05) is 56.3 Å². The van der Waals surface area contributed by atoms with Crippen molar-refractivity contribution >= 4 is 22.5 Å². The van der Waals surface area contributed by atoms with Gasteiger partial charge in [-0.05, 0) is 23.1 Å². The number of benzene rings is 1. The lowest BCUT2D eigenvalue weighted by atomic mass is 9.92. The number of carbonyl (C=O) groups excluding carboxylic acids is 1. The van der Waals surface area contributed by atoms with Crippen LogP contribution in [0.1, 0.15) is 12.8 Å². The fourth-order valence-corrected chi connectivity index (χ4v) is 3.70. The predicted octanol–water partition coefficient (Wildman–Crippen LogP) is 3.64. The van der Waals surface area contributed by atoms with Gasteiger partial charge in [0.2, 0.25) is 0 Å². The number of piperidine rings is 1. The van der Waals surface area contributed by atoms with Crippen molar-refractivity contribution < 1.29 is 18.0 Å². The number of hydrogen-bond acceptors (Lipinski definition) is 4. The summed E-state index contributed by atoms with van der Waals surface area (Å²) < 4.78 is 41.8. The highest BCUT2D eigenvalue weighted by atomic mass is 19.3. The highest BCUT2D eigenvalue weighted by molar-refractivity contribution is 5.98. The van der Waals surface area contributed by atoms with Crippen LogP contribution >= 0.6 is 0 Å². The zero-order valence-electron chi connectivity index (χ0n) is 16.5. The van der Waals surface area contributed by atoms with Gasteiger partial charge in [0.15, 0.2) is 5.67 Å². The maximum atomic E-state index is 15.1. The molecule has 0 saturated carbocycles. The van der Waals surface area contributed by atoms with Crippen LogP contribution in [0.2, 0.25) is 0 Å². The summed E-state index contributed by atoms with van der Waals surface area (Å²) in [4.78, 5) is 18.2. The molecule has 0 atom stereocenters. The van der Waals surface area contributed by atoms with Crippen molar-refractivity contribution in [1.29, 1.82) is 0 Å². The van der Waals surface area contributed by atoms with Crippen LogP contribution in [0.3, 0.4) is 0 Å². The van der Waals surface area contributed by atoms with Gasteiger partial charge in [-0.25, -0.2) is 18.2 Å². The van der Waals surface area contributed by atoms with Gasteiger partial charge in [-0.3, -0.25) is 14.4 Å². The van der Waals surface area contributed by atoms with Gasteiger partial charge in [0.1, 0.15) is 5.82 Å². The molecule has 0 aliphatic carbocycles. The van der Waals surface area contributed by atoms with E-state index in [1.165, 1.54) is 4.90 Å². The maximum Gasteiger partial charge on any atom is 0.263 e. The highest BCUT2D eigenvalue weighted by Crippen LogP contribution is 2.29. The average Bonchev–Trinajstić information content (AvgIpc) is 3.15. The third-order valence-electron chi connectivity index (χ3n) is 5.45. The van der Waals surface area contributed by atoms with Crippen LogP contribution in [0.25, 0.3) is 21.9 Å². The number of anilines is 1. The standard InChI is InChI=1S/C21H22F3N5O/c1-28-12-17(11-26-28)14-2-3-15-10-25-19(9-16(15)8-14)27-20(30)21(24)4-6-29(7-5-21)13-18(22)23/h2-3,8-12,18H,4-7,13H2,1H3,(H,25,27,30). The molecule has 1 aromatic carbocycles. The third-order valence-corrected chi connectivity index (χ3v) is 5.45. The van der Waals surface area contributed by atoms with Crippen molar-refractivity contribution in [2.24, 2.45) is 7.05 Å². The van der Waals surface area contributed by atoms with Crippen LogP contribution < -0.4 is 5.32 Å². The first kappa shape index (κ1) is 20.3. The van der Waals surface area contributed by atoms with E-state index in [2.05, 4.69) is 15.4 Å². The van der Waals surface area contributed by atoms with Crippen molar-refractivity contribution in [3.05, 3.63) is 42.9 Å². The molecule has 1 aliphatic heterocycles. The lowest BCUT2D eigenvalue weighted by molar-refractivity contribution is -0.130. The Hall–Kier alpha value is -2.94. The van der Waals surface area contributed by atoms with Crippen LogP contribution in [-0.4, -0.2) is 57.3 Å². The summed E-state index contributed by atoms with van der Waals surface area (Å²) in [6.45, 7) is -0.162. The van der Waals surface area contributed by atoms with Gasteiger partial charge in [-0.15, -0.1) is 0 Å². The summed E-state index contributed by atoms with van der Waals surface area (Å²) in [5.41, 5.74) is -0.167. The van der Waals surface area contributed by atoms with E-state index < -0.39 is 24.5 Å². The van der Waals surface area contributed by atoms with E-state index >= 15 is 4.39 Å². The Balaban J connectivity index is 1.48. The van der Waals surface area contributed by atoms with E-state index in [0.717, 1.165) is 21.9 Å². The molecule has 0 unspecified atom stereocenters. The SMILES string of the molecule is Cn1cc(-c2ccc3cnc(NC(=O)C4(F)CCN(CC(F)F)CC4)cc3c2)cn1. The molecule has 1 saturated heterocycles. The summed E-state index contributed by atoms with van der Waals surface area (Å²) >= 11 is 0. The molecule has 3 heterocycles. The summed E-state index contributed by atoms with van der Waals surface area (Å²) in [6.07, 6.45) is 2.57. The zero-order valence-corrected chi connectivity index (χ0v) is 16.5. The number of aryl methyl sites for hydroxylation is 1. The van der Waals surface area contributed by atoms with E-state index in [9.17, 15) is 13.6 Å². The topological polar surface area (TPSA) is 63.1 Å². The van der Waals surface area contributed by atoms with Crippen molar-refractivity contribution in [2.45, 2.75) is 24.9 Å². The first-order valence-corrected chi connectivity index (χ1v) is 9.72. The number of aromatic nitrogens is 3. The highest BCUT2D eigenvalue weighted by Gasteiger charge is 2.42. The van der Waals surface area contributed by atoms with Crippen molar-refractivity contribution in [3.8, 4) is 11.1 Å². The van der Waals surface area contributed by atoms with Crippen LogP contribution in [-0.2, 0) is 11.8 Å². The van der Waals surface area contributed by atoms with E-state index in [0.29, 0.717) is 0 Å². The number of likely N-dealkylation sites (tertiary alicyclic amines) is 1. The number of hydrogen-bond donors (Lipinski definition) is 1. The van der Waals surface area contributed by atoms with E-state index in [1.54, 1.807) is 23.1 Å². The fraction of sp³-hybridized carbons (Fsp3) is 0.381. The molecular weight excluding hydrogens is 395 g/mol. The third kappa shape index (κ3) is 4.30. The molecule has 158 valence electrons. The number of carbonyl (C=O) groups is 1. The number of halogens is 3. The number of fused-ring (bicyclic) bond motifs is 1. The number of nitrogens with one attached hydrogen (secondary N) is 1. The average molecular weight is 417 g/mol. The molecule has 1 aliphatic rings. The molecule has 6 nitrogen and oxygen atoms in total. The largest absolute Gasteiger partial charge is 0.308 e. The van der Waals surface area contributed by atoms with Crippen LogP contribution in [0.5, 0.6) is 0 Å². The molecule has 4 rings (SSSR count). The number of pyridine rings is 1. The second kappa shape index (κ2) is 8.06. The van der Waals surface area contributed by atoms with Crippen LogP contribution in [0.15, 0.2) is 42.9 Å². The minimum Gasteiger partial charge on any atom is -0.308 e. The summed E-state index contributed by atoms with van der Waals surface area (Å²) in [5.74, 6) is -0.530. The smallest absolute Gasteiger partial charge is 0.263 e. The van der Waals surface area contributed by atoms with Crippen molar-refractivity contribution in [1.82, 2.24) is 19.7 Å². The lowest BCUT2D eigenvalue weighted by Crippen LogP contribution is -2.49. The quantitative estimate of drug-likeness (QED) is 0.689. The fourth-order valence-electron chi connectivity index (χ4n) is 3.70. The molecule has 0 bridgehead atoms. The Kier molecular flexibility index (Phi) is 5.46. The van der Waals surface area contributed by atoms with Gasteiger partial charge < -0.3 is 5.32 Å². The normalized spacial score (nSPS) is 16.8. The Morgan fingerprint density at radius 3 is 2.60 bits per heavy atom. The number of nitrogens with zero attached hydrogens (tertiary/aromatic N) is 4. The van der Waals surface area contributed by atoms with Gasteiger partial charge in [-0.1, -0.05) is 12.1 Å². The summed E-state index contributed by atoms with van der Waals surface area (Å²) in [6, 6.07) is 7.54. The maximum absolute atomic E-state index is 15.1. The zero-order chi connectivity index (χ0) is 21.3. The monoisotopic (exact) mass is 417 g/mol. The van der Waals surface area contributed by atoms with Crippen LogP contribution in [0.4, 0.5) is 19.0 Å². The van der Waals surface area contributed by atoms with Crippen molar-refractivity contribution in [3.63, 3.8) is 0 Å². The minimum absolute atomic E-state index is 0.119. The van der Waals surface area contributed by atoms with Gasteiger partial charge in [0.25, 0.3) is 12.3 Å². The lowest BCUT2D eigenvalue weighted by Gasteiger charge is -2.35. The number of amides is 1. The first-order valence-electron chi connectivity index (χ1n) is 9.72. The van der Waals surface area contributed by atoms with Crippen molar-refractivity contribution in [2.75, 3.05) is 25.0 Å². The molecule has 9 heteroatoms. The molecule has 1 fully saturated rings. The number of alkyl halides is 3. The summed E-state index contributed by atoms with van der Waals surface area (Å²) in [7, 11) is 1.84. The molecule has 0 radical (unpaired) electrons. The van der Waals surface area contributed by atoms with Gasteiger partial charge >= 0.3 is 0 Å². The molecule has 1 N–H and O–H groups in total. The molecule has 2 aromatic heterocycles. The molecule has 1 amide bonds. The van der Waals surface area contributed by atoms with Crippen LogP contribution in [0, 0.1) is 0 Å². The van der Waals surface area contributed by atoms with Gasteiger partial charge in [-0.2, -0.15) is 5.10 Å².